The van der Waals surface area contributed by atoms with Crippen molar-refractivity contribution in [3.63, 3.8) is 0 Å². The Bertz CT molecular complexity index is 868. The molecule has 4 heterocycles. The molecule has 23 heavy (non-hydrogen) atoms. The SMILES string of the molecule is c1csc(-c2cnc(CSc3nnc(Cn4cncn4)o3)o2)c1. The summed E-state index contributed by atoms with van der Waals surface area (Å²) in [4.78, 5) is 9.18. The van der Waals surface area contributed by atoms with Crippen LogP contribution < -0.4 is 0 Å². The Kier molecular flexibility index (Phi) is 3.90. The molecular weight excluding hydrogens is 336 g/mol. The third-order valence-corrected chi connectivity index (χ3v) is 4.54. The Balaban J connectivity index is 1.37. The first-order chi connectivity index (χ1) is 11.4. The van der Waals surface area contributed by atoms with Crippen LogP contribution in [0.5, 0.6) is 0 Å². The first-order valence-electron chi connectivity index (χ1n) is 6.63. The highest BCUT2D eigenvalue weighted by Crippen LogP contribution is 2.27. The fraction of sp³-hybridized carbons (Fsp3) is 0.154. The second-order valence-corrected chi connectivity index (χ2v) is 6.31. The normalized spacial score (nSPS) is 11.1. The van der Waals surface area contributed by atoms with Gasteiger partial charge < -0.3 is 8.83 Å². The number of thiophene rings is 1. The molecule has 4 aromatic heterocycles. The van der Waals surface area contributed by atoms with Gasteiger partial charge in [0, 0.05) is 0 Å². The van der Waals surface area contributed by atoms with E-state index in [-0.39, 0.29) is 0 Å². The summed E-state index contributed by atoms with van der Waals surface area (Å²) in [5.41, 5.74) is 0. The van der Waals surface area contributed by atoms with Gasteiger partial charge in [-0.3, -0.25) is 0 Å². The van der Waals surface area contributed by atoms with E-state index < -0.39 is 0 Å². The second-order valence-electron chi connectivity index (χ2n) is 4.44. The summed E-state index contributed by atoms with van der Waals surface area (Å²) in [5, 5.41) is 14.4. The lowest BCUT2D eigenvalue weighted by molar-refractivity contribution is 0.397. The molecule has 8 nitrogen and oxygen atoms in total. The first-order valence-corrected chi connectivity index (χ1v) is 8.49. The van der Waals surface area contributed by atoms with Crippen molar-refractivity contribution < 1.29 is 8.83 Å². The molecule has 0 aliphatic rings. The summed E-state index contributed by atoms with van der Waals surface area (Å²) in [6.07, 6.45) is 4.78. The summed E-state index contributed by atoms with van der Waals surface area (Å²) in [5.74, 6) is 2.39. The van der Waals surface area contributed by atoms with Crippen LogP contribution in [-0.2, 0) is 12.3 Å². The minimum Gasteiger partial charge on any atom is -0.439 e. The lowest BCUT2D eigenvalue weighted by Gasteiger charge is -1.94. The Morgan fingerprint density at radius 1 is 1.22 bits per heavy atom. The minimum absolute atomic E-state index is 0.398. The van der Waals surface area contributed by atoms with E-state index >= 15 is 0 Å². The average Bonchev–Trinajstić information content (AvgIpc) is 3.33. The van der Waals surface area contributed by atoms with Gasteiger partial charge in [0.1, 0.15) is 19.2 Å². The molecule has 0 amide bonds. The molecule has 0 bridgehead atoms. The third-order valence-electron chi connectivity index (χ3n) is 2.85. The van der Waals surface area contributed by atoms with E-state index in [0.29, 0.717) is 29.3 Å². The maximum Gasteiger partial charge on any atom is 0.277 e. The van der Waals surface area contributed by atoms with Crippen LogP contribution in [0.1, 0.15) is 11.8 Å². The summed E-state index contributed by atoms with van der Waals surface area (Å²) < 4.78 is 12.9. The molecular formula is C13H10N6O2S2. The van der Waals surface area contributed by atoms with Gasteiger partial charge in [0.05, 0.1) is 16.8 Å². The van der Waals surface area contributed by atoms with Gasteiger partial charge in [-0.05, 0) is 11.4 Å². The van der Waals surface area contributed by atoms with Crippen molar-refractivity contribution in [2.45, 2.75) is 17.5 Å². The number of oxazole rings is 1. The molecule has 4 aromatic rings. The first kappa shape index (κ1) is 14.2. The second kappa shape index (κ2) is 6.34. The van der Waals surface area contributed by atoms with Crippen molar-refractivity contribution in [3.05, 3.63) is 48.1 Å². The molecule has 4 rings (SSSR count). The summed E-state index contributed by atoms with van der Waals surface area (Å²) in [6, 6.07) is 3.97. The average molecular weight is 346 g/mol. The highest BCUT2D eigenvalue weighted by molar-refractivity contribution is 7.98. The fourth-order valence-electron chi connectivity index (χ4n) is 1.85. The maximum absolute atomic E-state index is 5.71. The highest BCUT2D eigenvalue weighted by atomic mass is 32.2. The number of hydrogen-bond donors (Lipinski definition) is 0. The topological polar surface area (TPSA) is 95.7 Å². The van der Waals surface area contributed by atoms with Gasteiger partial charge in [-0.25, -0.2) is 14.6 Å². The summed E-state index contributed by atoms with van der Waals surface area (Å²) >= 11 is 2.99. The minimum atomic E-state index is 0.398. The van der Waals surface area contributed by atoms with E-state index in [1.54, 1.807) is 28.5 Å². The Hall–Kier alpha value is -2.46. The van der Waals surface area contributed by atoms with E-state index in [0.717, 1.165) is 10.6 Å². The van der Waals surface area contributed by atoms with Crippen LogP contribution in [0, 0.1) is 0 Å². The van der Waals surface area contributed by atoms with Crippen molar-refractivity contribution >= 4 is 23.1 Å². The Labute approximate surface area is 138 Å². The Morgan fingerprint density at radius 2 is 2.22 bits per heavy atom. The van der Waals surface area contributed by atoms with Crippen molar-refractivity contribution in [1.82, 2.24) is 29.9 Å². The van der Waals surface area contributed by atoms with E-state index in [9.17, 15) is 0 Å². The van der Waals surface area contributed by atoms with Crippen LogP contribution >= 0.6 is 23.1 Å². The van der Waals surface area contributed by atoms with E-state index in [1.807, 2.05) is 17.5 Å². The number of rotatable bonds is 6. The predicted octanol–water partition coefficient (Wildman–Crippen LogP) is 2.72. The van der Waals surface area contributed by atoms with Gasteiger partial charge in [0.2, 0.25) is 11.8 Å². The zero-order chi connectivity index (χ0) is 15.5. The van der Waals surface area contributed by atoms with Gasteiger partial charge in [-0.15, -0.1) is 21.5 Å². The molecule has 0 saturated heterocycles. The molecule has 0 aliphatic heterocycles. The summed E-state index contributed by atoms with van der Waals surface area (Å²) in [6.45, 7) is 0.398. The van der Waals surface area contributed by atoms with E-state index in [4.69, 9.17) is 8.83 Å². The van der Waals surface area contributed by atoms with Crippen LogP contribution in [0.4, 0.5) is 0 Å². The zero-order valence-corrected chi connectivity index (χ0v) is 13.3. The maximum atomic E-state index is 5.71. The van der Waals surface area contributed by atoms with E-state index in [1.165, 1.54) is 18.1 Å². The van der Waals surface area contributed by atoms with Crippen molar-refractivity contribution in [2.75, 3.05) is 0 Å². The molecule has 0 radical (unpaired) electrons. The standard InChI is InChI=1S/C13H10N6O2S2/c1-2-10(22-3-1)9-4-15-12(20-9)6-23-13-18-17-11(21-13)5-19-8-14-7-16-19/h1-4,7-8H,5-6H2. The molecule has 0 saturated carbocycles. The van der Waals surface area contributed by atoms with Gasteiger partial charge in [-0.1, -0.05) is 17.8 Å². The van der Waals surface area contributed by atoms with Crippen LogP contribution in [-0.4, -0.2) is 29.9 Å². The lowest BCUT2D eigenvalue weighted by Crippen LogP contribution is -1.99. The molecule has 0 aromatic carbocycles. The quantitative estimate of drug-likeness (QED) is 0.492. The molecule has 0 atom stereocenters. The number of aromatic nitrogens is 6. The Morgan fingerprint density at radius 3 is 3.04 bits per heavy atom. The van der Waals surface area contributed by atoms with Gasteiger partial charge in [0.25, 0.3) is 5.22 Å². The molecule has 0 fully saturated rings. The van der Waals surface area contributed by atoms with Crippen LogP contribution in [0.2, 0.25) is 0 Å². The predicted molar refractivity (Wildman–Crippen MR) is 82.8 cm³/mol. The van der Waals surface area contributed by atoms with Crippen molar-refractivity contribution in [1.29, 1.82) is 0 Å². The van der Waals surface area contributed by atoms with Crippen LogP contribution in [0.3, 0.4) is 0 Å². The smallest absolute Gasteiger partial charge is 0.277 e. The third kappa shape index (κ3) is 3.32. The molecule has 0 N–H and O–H groups in total. The highest BCUT2D eigenvalue weighted by Gasteiger charge is 2.11. The van der Waals surface area contributed by atoms with Crippen LogP contribution in [0.25, 0.3) is 10.6 Å². The molecule has 0 aliphatic carbocycles. The monoisotopic (exact) mass is 346 g/mol. The van der Waals surface area contributed by atoms with Crippen molar-refractivity contribution in [2.24, 2.45) is 0 Å². The molecule has 0 unspecified atom stereocenters. The zero-order valence-electron chi connectivity index (χ0n) is 11.7. The van der Waals surface area contributed by atoms with Gasteiger partial charge in [-0.2, -0.15) is 5.10 Å². The van der Waals surface area contributed by atoms with Gasteiger partial charge in [0.15, 0.2) is 5.76 Å². The molecule has 0 spiro atoms. The van der Waals surface area contributed by atoms with Crippen molar-refractivity contribution in [3.8, 4) is 10.6 Å². The number of nitrogens with zero attached hydrogens (tertiary/aromatic N) is 6. The number of thioether (sulfide) groups is 1. The molecule has 116 valence electrons. The summed E-state index contributed by atoms with van der Waals surface area (Å²) in [7, 11) is 0. The largest absolute Gasteiger partial charge is 0.439 e. The number of hydrogen-bond acceptors (Lipinski definition) is 9. The molecule has 10 heteroatoms. The van der Waals surface area contributed by atoms with Gasteiger partial charge >= 0.3 is 0 Å². The van der Waals surface area contributed by atoms with Crippen LogP contribution in [0.15, 0.2) is 50.4 Å². The lowest BCUT2D eigenvalue weighted by atomic mass is 10.4. The fourth-order valence-corrected chi connectivity index (χ4v) is 3.15. The van der Waals surface area contributed by atoms with E-state index in [2.05, 4.69) is 25.3 Å².